The average Bonchev–Trinajstić information content (AvgIpc) is 3.27. The first-order valence-corrected chi connectivity index (χ1v) is 13.1. The molecule has 1 atom stereocenters. The molecular weight excluding hydrogens is 486 g/mol. The molecule has 0 saturated carbocycles. The van der Waals surface area contributed by atoms with Crippen LogP contribution in [-0.2, 0) is 25.5 Å². The zero-order valence-corrected chi connectivity index (χ0v) is 22.0. The van der Waals surface area contributed by atoms with E-state index in [4.69, 9.17) is 9.15 Å². The van der Waals surface area contributed by atoms with Crippen molar-refractivity contribution in [1.29, 1.82) is 0 Å². The van der Waals surface area contributed by atoms with E-state index in [0.717, 1.165) is 27.3 Å². The van der Waals surface area contributed by atoms with Gasteiger partial charge in [-0.1, -0.05) is 24.3 Å². The van der Waals surface area contributed by atoms with E-state index in [0.29, 0.717) is 57.6 Å². The van der Waals surface area contributed by atoms with E-state index in [1.54, 1.807) is 11.2 Å². The number of fused-ring (bicyclic) bond motifs is 3. The first-order chi connectivity index (χ1) is 18.1. The number of piperazine rings is 1. The van der Waals surface area contributed by atoms with Crippen LogP contribution in [-0.4, -0.2) is 71.8 Å². The van der Waals surface area contributed by atoms with Crippen LogP contribution in [0.25, 0.3) is 21.7 Å². The minimum Gasteiger partial charge on any atom is -0.464 e. The van der Waals surface area contributed by atoms with Crippen molar-refractivity contribution >= 4 is 45.4 Å². The van der Waals surface area contributed by atoms with Crippen LogP contribution in [0.15, 0.2) is 41.0 Å². The summed E-state index contributed by atoms with van der Waals surface area (Å²) in [5, 5.41) is 5.21. The standard InChI is InChI=1S/C29H33N3O6/c1-29(2,3)38-28(36)32-12-10-31(11-13-32)16-20(33)15-18-4-6-21-19(14-18)5-8-24-26(21)23(17-37-24)22-7-9-25(34)30-27(22)35/h4-6,8,14,17,22H,7,9-13,15-16H2,1-3H3,(H,30,34,35). The van der Waals surface area contributed by atoms with Gasteiger partial charge in [0.1, 0.15) is 11.2 Å². The van der Waals surface area contributed by atoms with Crippen LogP contribution in [0.5, 0.6) is 0 Å². The number of ketones is 1. The SMILES string of the molecule is CC(C)(C)OC(=O)N1CCN(CC(=O)Cc2ccc3c(ccc4occ(C5CCC(=O)NC5=O)c43)c2)CC1. The van der Waals surface area contributed by atoms with E-state index in [-0.39, 0.29) is 23.7 Å². The van der Waals surface area contributed by atoms with Crippen molar-refractivity contribution in [1.82, 2.24) is 15.1 Å². The molecule has 38 heavy (non-hydrogen) atoms. The Bertz CT molecular complexity index is 1410. The molecule has 2 aliphatic heterocycles. The smallest absolute Gasteiger partial charge is 0.410 e. The molecule has 5 rings (SSSR count). The van der Waals surface area contributed by atoms with E-state index in [1.807, 2.05) is 51.1 Å². The molecule has 2 saturated heterocycles. The molecule has 3 amide bonds. The maximum atomic E-state index is 12.9. The lowest BCUT2D eigenvalue weighted by Crippen LogP contribution is -2.51. The molecule has 0 aliphatic carbocycles. The van der Waals surface area contributed by atoms with Gasteiger partial charge in [-0.25, -0.2) is 4.79 Å². The number of hydrogen-bond acceptors (Lipinski definition) is 7. The van der Waals surface area contributed by atoms with E-state index < -0.39 is 11.5 Å². The lowest BCUT2D eigenvalue weighted by atomic mass is 9.88. The molecule has 9 nitrogen and oxygen atoms in total. The van der Waals surface area contributed by atoms with Crippen molar-refractivity contribution < 1.29 is 28.3 Å². The highest BCUT2D eigenvalue weighted by atomic mass is 16.6. The van der Waals surface area contributed by atoms with Crippen LogP contribution in [0.2, 0.25) is 0 Å². The number of carbonyl (C=O) groups excluding carboxylic acids is 4. The molecule has 0 bridgehead atoms. The average molecular weight is 520 g/mol. The maximum Gasteiger partial charge on any atom is 0.410 e. The van der Waals surface area contributed by atoms with Gasteiger partial charge in [0.05, 0.1) is 18.7 Å². The zero-order chi connectivity index (χ0) is 27.0. The molecule has 1 N–H and O–H groups in total. The highest BCUT2D eigenvalue weighted by Gasteiger charge is 2.31. The summed E-state index contributed by atoms with van der Waals surface area (Å²) >= 11 is 0. The predicted octanol–water partition coefficient (Wildman–Crippen LogP) is 3.77. The number of imide groups is 1. The summed E-state index contributed by atoms with van der Waals surface area (Å²) in [4.78, 5) is 53.0. The van der Waals surface area contributed by atoms with Gasteiger partial charge < -0.3 is 14.1 Å². The summed E-state index contributed by atoms with van der Waals surface area (Å²) in [6, 6.07) is 9.77. The number of carbonyl (C=O) groups is 4. The van der Waals surface area contributed by atoms with Crippen molar-refractivity contribution in [3.63, 3.8) is 0 Å². The molecule has 2 aliphatic rings. The van der Waals surface area contributed by atoms with E-state index in [1.165, 1.54) is 0 Å². The highest BCUT2D eigenvalue weighted by Crippen LogP contribution is 2.37. The minimum absolute atomic E-state index is 0.115. The van der Waals surface area contributed by atoms with Crippen LogP contribution in [0, 0.1) is 0 Å². The van der Waals surface area contributed by atoms with Gasteiger partial charge >= 0.3 is 6.09 Å². The summed E-state index contributed by atoms with van der Waals surface area (Å²) < 4.78 is 11.2. The Labute approximate surface area is 221 Å². The highest BCUT2D eigenvalue weighted by molar-refractivity contribution is 6.10. The Morgan fingerprint density at radius 3 is 2.55 bits per heavy atom. The fourth-order valence-corrected chi connectivity index (χ4v) is 5.25. The number of ether oxygens (including phenoxy) is 1. The third-order valence-corrected chi connectivity index (χ3v) is 7.09. The van der Waals surface area contributed by atoms with Gasteiger partial charge in [0.25, 0.3) is 0 Å². The first-order valence-electron chi connectivity index (χ1n) is 13.1. The molecule has 9 heteroatoms. The molecule has 3 aromatic rings. The fourth-order valence-electron chi connectivity index (χ4n) is 5.25. The van der Waals surface area contributed by atoms with E-state index >= 15 is 0 Å². The van der Waals surface area contributed by atoms with Crippen LogP contribution >= 0.6 is 0 Å². The lowest BCUT2D eigenvalue weighted by Gasteiger charge is -2.35. The molecule has 1 unspecified atom stereocenters. The number of amides is 3. The van der Waals surface area contributed by atoms with Gasteiger partial charge in [-0.05, 0) is 49.6 Å². The second kappa shape index (κ2) is 10.2. The minimum atomic E-state index is -0.528. The Morgan fingerprint density at radius 2 is 1.84 bits per heavy atom. The van der Waals surface area contributed by atoms with Crippen molar-refractivity contribution in [2.45, 2.75) is 51.6 Å². The second-order valence-electron chi connectivity index (χ2n) is 11.1. The number of benzene rings is 2. The van der Waals surface area contributed by atoms with Gasteiger partial charge in [-0.15, -0.1) is 0 Å². The van der Waals surface area contributed by atoms with Crippen LogP contribution in [0.4, 0.5) is 4.79 Å². The third kappa shape index (κ3) is 5.57. The monoisotopic (exact) mass is 519 g/mol. The number of nitrogens with one attached hydrogen (secondary N) is 1. The molecule has 1 aromatic heterocycles. The molecule has 0 radical (unpaired) electrons. The van der Waals surface area contributed by atoms with Crippen LogP contribution < -0.4 is 5.32 Å². The fraction of sp³-hybridized carbons (Fsp3) is 0.448. The Hall–Kier alpha value is -3.72. The van der Waals surface area contributed by atoms with Gasteiger partial charge in [-0.2, -0.15) is 0 Å². The number of furan rings is 1. The summed E-state index contributed by atoms with van der Waals surface area (Å²) in [6.07, 6.45) is 2.37. The molecule has 0 spiro atoms. The molecular formula is C29H33N3O6. The third-order valence-electron chi connectivity index (χ3n) is 7.09. The topological polar surface area (TPSA) is 109 Å². The number of piperidine rings is 1. The van der Waals surface area contributed by atoms with Crippen molar-refractivity contribution in [3.05, 3.63) is 47.7 Å². The quantitative estimate of drug-likeness (QED) is 0.511. The van der Waals surface area contributed by atoms with Gasteiger partial charge in [0, 0.05) is 50.0 Å². The largest absolute Gasteiger partial charge is 0.464 e. The van der Waals surface area contributed by atoms with Gasteiger partial charge in [0.2, 0.25) is 11.8 Å². The summed E-state index contributed by atoms with van der Waals surface area (Å²) in [5.41, 5.74) is 1.86. The maximum absolute atomic E-state index is 12.9. The summed E-state index contributed by atoms with van der Waals surface area (Å²) in [5.74, 6) is -0.862. The Kier molecular flexibility index (Phi) is 6.96. The number of hydrogen-bond donors (Lipinski definition) is 1. The van der Waals surface area contributed by atoms with Crippen molar-refractivity contribution in [2.75, 3.05) is 32.7 Å². The van der Waals surface area contributed by atoms with E-state index in [2.05, 4.69) is 10.2 Å². The molecule has 2 fully saturated rings. The molecule has 200 valence electrons. The molecule has 2 aromatic carbocycles. The first kappa shape index (κ1) is 25.9. The lowest BCUT2D eigenvalue weighted by molar-refractivity contribution is -0.134. The van der Waals surface area contributed by atoms with Crippen molar-refractivity contribution in [2.24, 2.45) is 0 Å². The summed E-state index contributed by atoms with van der Waals surface area (Å²) in [6.45, 7) is 8.21. The Morgan fingerprint density at radius 1 is 1.08 bits per heavy atom. The number of Topliss-reactive ketones (excluding diaryl/α,β-unsaturated/α-hetero) is 1. The normalized spacial score (nSPS) is 19.1. The zero-order valence-electron chi connectivity index (χ0n) is 22.0. The van der Waals surface area contributed by atoms with Gasteiger partial charge in [0.15, 0.2) is 5.78 Å². The van der Waals surface area contributed by atoms with Gasteiger partial charge in [-0.3, -0.25) is 24.6 Å². The number of nitrogens with zero attached hydrogens (tertiary/aromatic N) is 2. The van der Waals surface area contributed by atoms with Crippen LogP contribution in [0.1, 0.15) is 50.7 Å². The summed E-state index contributed by atoms with van der Waals surface area (Å²) in [7, 11) is 0. The Balaban J connectivity index is 1.24. The van der Waals surface area contributed by atoms with Crippen LogP contribution in [0.3, 0.4) is 0 Å². The molecule has 3 heterocycles. The van der Waals surface area contributed by atoms with Crippen molar-refractivity contribution in [3.8, 4) is 0 Å². The number of rotatable bonds is 5. The predicted molar refractivity (Wildman–Crippen MR) is 142 cm³/mol. The second-order valence-corrected chi connectivity index (χ2v) is 11.1. The van der Waals surface area contributed by atoms with E-state index in [9.17, 15) is 19.2 Å².